The largest absolute Gasteiger partial charge is 0.338 e. The molecular weight excluding hydrogens is 325 g/mol. The third kappa shape index (κ3) is 3.30. The van der Waals surface area contributed by atoms with E-state index in [9.17, 15) is 19.3 Å². The number of halogens is 2. The average molecular weight is 344 g/mol. The number of carbonyl (C=O) groups is 1. The number of fused-ring (bicyclic) bond motifs is 1. The first kappa shape index (κ1) is 17.6. The van der Waals surface area contributed by atoms with Gasteiger partial charge < -0.3 is 10.6 Å². The highest BCUT2D eigenvalue weighted by Gasteiger charge is 2.41. The van der Waals surface area contributed by atoms with Crippen molar-refractivity contribution < 1.29 is 14.1 Å². The molecule has 1 saturated heterocycles. The van der Waals surface area contributed by atoms with Gasteiger partial charge in [-0.1, -0.05) is 6.42 Å². The standard InChI is InChI=1S/C15H18FN3O3.ClH/c16-10-4-5-11(14(6-10)19(21)22)15(20)18-7-9-2-1-3-13(17)12(9)8-18;/h4-6,9,12-13H,1-3,7-8,17H2;1H. The SMILES string of the molecule is Cl.NC1CCCC2CN(C(=O)c3ccc(F)cc3[N+](=O)[O-])CC12. The van der Waals surface area contributed by atoms with Crippen molar-refractivity contribution in [1.82, 2.24) is 4.90 Å². The number of hydrogen-bond donors (Lipinski definition) is 1. The fourth-order valence-electron chi connectivity index (χ4n) is 3.69. The first-order valence-corrected chi connectivity index (χ1v) is 7.46. The molecule has 1 aromatic carbocycles. The molecule has 1 heterocycles. The van der Waals surface area contributed by atoms with Gasteiger partial charge in [0.25, 0.3) is 11.6 Å². The van der Waals surface area contributed by atoms with Crippen LogP contribution in [-0.2, 0) is 0 Å². The van der Waals surface area contributed by atoms with Crippen LogP contribution in [0.5, 0.6) is 0 Å². The second-order valence-electron chi connectivity index (χ2n) is 6.15. The minimum Gasteiger partial charge on any atom is -0.338 e. The summed E-state index contributed by atoms with van der Waals surface area (Å²) in [6.07, 6.45) is 3.05. The van der Waals surface area contributed by atoms with Gasteiger partial charge in [-0.05, 0) is 36.8 Å². The minimum atomic E-state index is -0.722. The fourth-order valence-corrected chi connectivity index (χ4v) is 3.69. The monoisotopic (exact) mass is 343 g/mol. The van der Waals surface area contributed by atoms with E-state index >= 15 is 0 Å². The summed E-state index contributed by atoms with van der Waals surface area (Å²) < 4.78 is 13.2. The van der Waals surface area contributed by atoms with Gasteiger partial charge in [-0.15, -0.1) is 12.4 Å². The molecule has 0 spiro atoms. The number of rotatable bonds is 2. The Balaban J connectivity index is 0.00000192. The van der Waals surface area contributed by atoms with Crippen LogP contribution in [0, 0.1) is 27.8 Å². The zero-order valence-electron chi connectivity index (χ0n) is 12.5. The molecule has 3 unspecified atom stereocenters. The Kier molecular flexibility index (Phi) is 5.21. The van der Waals surface area contributed by atoms with E-state index in [2.05, 4.69) is 0 Å². The quantitative estimate of drug-likeness (QED) is 0.659. The summed E-state index contributed by atoms with van der Waals surface area (Å²) in [5.74, 6) is -0.502. The summed E-state index contributed by atoms with van der Waals surface area (Å²) >= 11 is 0. The maximum atomic E-state index is 13.2. The molecule has 6 nitrogen and oxygen atoms in total. The molecule has 23 heavy (non-hydrogen) atoms. The van der Waals surface area contributed by atoms with Crippen LogP contribution in [0.15, 0.2) is 18.2 Å². The molecule has 2 fully saturated rings. The van der Waals surface area contributed by atoms with Gasteiger partial charge in [-0.25, -0.2) is 4.39 Å². The zero-order chi connectivity index (χ0) is 15.9. The number of nitrogens with zero attached hydrogens (tertiary/aromatic N) is 2. The van der Waals surface area contributed by atoms with Gasteiger partial charge >= 0.3 is 0 Å². The summed E-state index contributed by atoms with van der Waals surface area (Å²) in [5.41, 5.74) is 5.58. The lowest BCUT2D eigenvalue weighted by atomic mass is 9.78. The number of hydrogen-bond acceptors (Lipinski definition) is 4. The Morgan fingerprint density at radius 2 is 2.09 bits per heavy atom. The molecule has 2 aliphatic rings. The van der Waals surface area contributed by atoms with E-state index in [0.29, 0.717) is 19.0 Å². The summed E-state index contributed by atoms with van der Waals surface area (Å²) in [5, 5.41) is 11.0. The maximum Gasteiger partial charge on any atom is 0.285 e. The molecule has 0 aromatic heterocycles. The number of carbonyl (C=O) groups excluding carboxylic acids is 1. The molecular formula is C15H19ClFN3O3. The fraction of sp³-hybridized carbons (Fsp3) is 0.533. The van der Waals surface area contributed by atoms with Crippen LogP contribution in [0.4, 0.5) is 10.1 Å². The molecule has 1 amide bonds. The minimum absolute atomic E-state index is 0. The van der Waals surface area contributed by atoms with Crippen molar-refractivity contribution in [2.75, 3.05) is 13.1 Å². The summed E-state index contributed by atoms with van der Waals surface area (Å²) in [6, 6.07) is 3.15. The highest BCUT2D eigenvalue weighted by atomic mass is 35.5. The molecule has 0 radical (unpaired) electrons. The van der Waals surface area contributed by atoms with Crippen LogP contribution in [0.1, 0.15) is 29.6 Å². The van der Waals surface area contributed by atoms with E-state index in [-0.39, 0.29) is 29.9 Å². The Bertz CT molecular complexity index is 628. The lowest BCUT2D eigenvalue weighted by Crippen LogP contribution is -2.38. The topological polar surface area (TPSA) is 89.5 Å². The molecule has 0 bridgehead atoms. The van der Waals surface area contributed by atoms with Crippen molar-refractivity contribution >= 4 is 24.0 Å². The van der Waals surface area contributed by atoms with Crippen LogP contribution in [0.3, 0.4) is 0 Å². The Labute approximate surface area is 139 Å². The third-order valence-electron chi connectivity index (χ3n) is 4.83. The van der Waals surface area contributed by atoms with Crippen molar-refractivity contribution in [3.8, 4) is 0 Å². The van der Waals surface area contributed by atoms with E-state index < -0.39 is 22.3 Å². The predicted octanol–water partition coefficient (Wildman–Crippen LogP) is 2.36. The Morgan fingerprint density at radius 3 is 2.74 bits per heavy atom. The van der Waals surface area contributed by atoms with Gasteiger partial charge in [0.2, 0.25) is 0 Å². The molecule has 1 saturated carbocycles. The lowest BCUT2D eigenvalue weighted by Gasteiger charge is -2.29. The van der Waals surface area contributed by atoms with Crippen LogP contribution in [0.2, 0.25) is 0 Å². The van der Waals surface area contributed by atoms with Crippen LogP contribution < -0.4 is 5.73 Å². The molecule has 1 aliphatic carbocycles. The van der Waals surface area contributed by atoms with Crippen molar-refractivity contribution in [2.24, 2.45) is 17.6 Å². The smallest absolute Gasteiger partial charge is 0.285 e. The van der Waals surface area contributed by atoms with E-state index in [4.69, 9.17) is 5.73 Å². The Morgan fingerprint density at radius 1 is 1.35 bits per heavy atom. The second-order valence-corrected chi connectivity index (χ2v) is 6.15. The van der Waals surface area contributed by atoms with Crippen LogP contribution in [0.25, 0.3) is 0 Å². The van der Waals surface area contributed by atoms with E-state index in [0.717, 1.165) is 31.4 Å². The van der Waals surface area contributed by atoms with Crippen molar-refractivity contribution in [2.45, 2.75) is 25.3 Å². The number of nitrogens with two attached hydrogens (primary N) is 1. The summed E-state index contributed by atoms with van der Waals surface area (Å²) in [6.45, 7) is 1.10. The molecule has 126 valence electrons. The second kappa shape index (κ2) is 6.80. The van der Waals surface area contributed by atoms with Crippen LogP contribution in [-0.4, -0.2) is 34.9 Å². The van der Waals surface area contributed by atoms with Gasteiger partial charge in [0.1, 0.15) is 11.4 Å². The number of nitro benzene ring substituents is 1. The van der Waals surface area contributed by atoms with Gasteiger partial charge in [-0.2, -0.15) is 0 Å². The molecule has 1 aromatic rings. The predicted molar refractivity (Wildman–Crippen MR) is 85.0 cm³/mol. The summed E-state index contributed by atoms with van der Waals surface area (Å²) in [7, 11) is 0. The number of nitro groups is 1. The number of likely N-dealkylation sites (tertiary alicyclic amines) is 1. The van der Waals surface area contributed by atoms with Gasteiger partial charge in [0, 0.05) is 19.1 Å². The highest BCUT2D eigenvalue weighted by Crippen LogP contribution is 2.36. The van der Waals surface area contributed by atoms with Gasteiger partial charge in [0.15, 0.2) is 0 Å². The summed E-state index contributed by atoms with van der Waals surface area (Å²) in [4.78, 5) is 24.5. The normalized spacial score (nSPS) is 26.3. The molecule has 3 atom stereocenters. The van der Waals surface area contributed by atoms with E-state index in [1.165, 1.54) is 6.07 Å². The first-order valence-electron chi connectivity index (χ1n) is 7.46. The molecule has 8 heteroatoms. The van der Waals surface area contributed by atoms with E-state index in [1.54, 1.807) is 4.90 Å². The van der Waals surface area contributed by atoms with Crippen molar-refractivity contribution in [3.63, 3.8) is 0 Å². The highest BCUT2D eigenvalue weighted by molar-refractivity contribution is 5.98. The van der Waals surface area contributed by atoms with E-state index in [1.807, 2.05) is 0 Å². The first-order chi connectivity index (χ1) is 10.5. The third-order valence-corrected chi connectivity index (χ3v) is 4.83. The van der Waals surface area contributed by atoms with Gasteiger partial charge in [0.05, 0.1) is 11.0 Å². The number of benzene rings is 1. The number of amides is 1. The van der Waals surface area contributed by atoms with Crippen molar-refractivity contribution in [3.05, 3.63) is 39.7 Å². The van der Waals surface area contributed by atoms with Crippen LogP contribution >= 0.6 is 12.4 Å². The molecule has 2 N–H and O–H groups in total. The average Bonchev–Trinajstić information content (AvgIpc) is 2.92. The van der Waals surface area contributed by atoms with Crippen molar-refractivity contribution in [1.29, 1.82) is 0 Å². The zero-order valence-corrected chi connectivity index (χ0v) is 13.3. The molecule has 3 rings (SSSR count). The Hall–Kier alpha value is -1.73. The maximum absolute atomic E-state index is 13.2. The molecule has 1 aliphatic heterocycles. The lowest BCUT2D eigenvalue weighted by molar-refractivity contribution is -0.385. The van der Waals surface area contributed by atoms with Gasteiger partial charge in [-0.3, -0.25) is 14.9 Å².